The summed E-state index contributed by atoms with van der Waals surface area (Å²) in [6.07, 6.45) is 0. The van der Waals surface area contributed by atoms with Gasteiger partial charge in [0.25, 0.3) is 0 Å². The van der Waals surface area contributed by atoms with Crippen LogP contribution in [0.2, 0.25) is 0 Å². The molecule has 2 aromatic rings. The predicted molar refractivity (Wildman–Crippen MR) is 83.5 cm³/mol. The van der Waals surface area contributed by atoms with Crippen LogP contribution in [0.4, 0.5) is 10.8 Å². The van der Waals surface area contributed by atoms with Crippen molar-refractivity contribution in [2.24, 2.45) is 0 Å². The molecule has 0 saturated heterocycles. The molecule has 0 bridgehead atoms. The molecule has 6 nitrogen and oxygen atoms in total. The average molecular weight is 314 g/mol. The van der Waals surface area contributed by atoms with Crippen molar-refractivity contribution in [2.75, 3.05) is 44.0 Å². The fourth-order valence-corrected chi connectivity index (χ4v) is 3.34. The van der Waals surface area contributed by atoms with E-state index >= 15 is 0 Å². The number of aliphatic hydroxyl groups excluding tert-OH is 1. The Morgan fingerprint density at radius 1 is 1.45 bits per heavy atom. The van der Waals surface area contributed by atoms with Crippen molar-refractivity contribution < 1.29 is 9.84 Å². The number of nitrogen functional groups attached to an aromatic ring is 1. The maximum absolute atomic E-state index is 9.23. The monoisotopic (exact) mass is 314 g/mol. The SMILES string of the molecule is COCCN(CCO)c1snc(N)c1-c1csc(C)n1. The first-order chi connectivity index (χ1) is 9.67. The number of nitrogens with zero attached hydrogens (tertiary/aromatic N) is 3. The Labute approximate surface area is 126 Å². The van der Waals surface area contributed by atoms with Crippen molar-refractivity contribution in [2.45, 2.75) is 6.92 Å². The number of aryl methyl sites for hydroxylation is 1. The topological polar surface area (TPSA) is 84.5 Å². The Balaban J connectivity index is 2.35. The van der Waals surface area contributed by atoms with Gasteiger partial charge in [-0.25, -0.2) is 4.98 Å². The molecule has 0 aromatic carbocycles. The molecule has 2 rings (SSSR count). The minimum Gasteiger partial charge on any atom is -0.395 e. The smallest absolute Gasteiger partial charge is 0.148 e. The number of anilines is 2. The molecule has 0 aliphatic carbocycles. The number of methoxy groups -OCH3 is 1. The first-order valence-electron chi connectivity index (χ1n) is 6.19. The van der Waals surface area contributed by atoms with E-state index in [-0.39, 0.29) is 6.61 Å². The summed E-state index contributed by atoms with van der Waals surface area (Å²) in [7, 11) is 1.66. The van der Waals surface area contributed by atoms with Gasteiger partial charge < -0.3 is 20.5 Å². The normalized spacial score (nSPS) is 10.9. The highest BCUT2D eigenvalue weighted by Gasteiger charge is 2.20. The van der Waals surface area contributed by atoms with E-state index in [4.69, 9.17) is 10.5 Å². The molecule has 0 fully saturated rings. The van der Waals surface area contributed by atoms with Crippen LogP contribution in [-0.4, -0.2) is 47.9 Å². The first kappa shape index (κ1) is 15.2. The van der Waals surface area contributed by atoms with Gasteiger partial charge >= 0.3 is 0 Å². The summed E-state index contributed by atoms with van der Waals surface area (Å²) in [6, 6.07) is 0. The summed E-state index contributed by atoms with van der Waals surface area (Å²) in [5.41, 5.74) is 7.68. The van der Waals surface area contributed by atoms with Crippen molar-refractivity contribution in [3.05, 3.63) is 10.4 Å². The summed E-state index contributed by atoms with van der Waals surface area (Å²) in [6.45, 7) is 3.79. The van der Waals surface area contributed by atoms with Crippen LogP contribution in [0.3, 0.4) is 0 Å². The lowest BCUT2D eigenvalue weighted by molar-refractivity contribution is 0.203. The molecule has 0 spiro atoms. The predicted octanol–water partition coefficient (Wildman–Crippen LogP) is 1.60. The summed E-state index contributed by atoms with van der Waals surface area (Å²) < 4.78 is 9.35. The Bertz CT molecular complexity index is 555. The molecule has 0 aliphatic heterocycles. The maximum Gasteiger partial charge on any atom is 0.148 e. The van der Waals surface area contributed by atoms with E-state index < -0.39 is 0 Å². The highest BCUT2D eigenvalue weighted by molar-refractivity contribution is 7.11. The van der Waals surface area contributed by atoms with Crippen LogP contribution in [0.1, 0.15) is 5.01 Å². The van der Waals surface area contributed by atoms with Gasteiger partial charge in [0, 0.05) is 25.6 Å². The van der Waals surface area contributed by atoms with Gasteiger partial charge in [0.05, 0.1) is 29.5 Å². The second-order valence-electron chi connectivity index (χ2n) is 4.20. The Morgan fingerprint density at radius 2 is 2.25 bits per heavy atom. The summed E-state index contributed by atoms with van der Waals surface area (Å²) in [5, 5.41) is 13.1. The second kappa shape index (κ2) is 6.98. The van der Waals surface area contributed by atoms with E-state index in [0.717, 1.165) is 21.3 Å². The molecule has 8 heteroatoms. The number of hydrogen-bond acceptors (Lipinski definition) is 8. The van der Waals surface area contributed by atoms with E-state index in [1.807, 2.05) is 17.2 Å². The molecule has 0 unspecified atom stereocenters. The van der Waals surface area contributed by atoms with Gasteiger partial charge in [0.15, 0.2) is 0 Å². The zero-order chi connectivity index (χ0) is 14.5. The number of ether oxygens (including phenoxy) is 1. The lowest BCUT2D eigenvalue weighted by Crippen LogP contribution is -2.29. The standard InChI is InChI=1S/C12H18N4O2S2/c1-8-14-9(7-19-8)10-11(13)15-20-12(10)16(3-5-17)4-6-18-2/h7,17H,3-6H2,1-2H3,(H2,13,15). The Hall–Kier alpha value is -1.22. The summed E-state index contributed by atoms with van der Waals surface area (Å²) in [5.74, 6) is 0.482. The second-order valence-corrected chi connectivity index (χ2v) is 6.02. The molecule has 20 heavy (non-hydrogen) atoms. The van der Waals surface area contributed by atoms with Crippen molar-refractivity contribution in [3.63, 3.8) is 0 Å². The molecule has 3 N–H and O–H groups in total. The number of nitrogens with two attached hydrogens (primary N) is 1. The molecule has 0 atom stereocenters. The van der Waals surface area contributed by atoms with E-state index in [0.29, 0.717) is 25.5 Å². The molecule has 2 heterocycles. The van der Waals surface area contributed by atoms with E-state index in [1.54, 1.807) is 18.4 Å². The van der Waals surface area contributed by atoms with Crippen LogP contribution < -0.4 is 10.6 Å². The Morgan fingerprint density at radius 3 is 2.85 bits per heavy atom. The fourth-order valence-electron chi connectivity index (χ4n) is 1.87. The van der Waals surface area contributed by atoms with Crippen molar-refractivity contribution in [3.8, 4) is 11.3 Å². The molecular weight excluding hydrogens is 296 g/mol. The van der Waals surface area contributed by atoms with Crippen molar-refractivity contribution in [1.82, 2.24) is 9.36 Å². The van der Waals surface area contributed by atoms with Gasteiger partial charge in [0.1, 0.15) is 10.8 Å². The van der Waals surface area contributed by atoms with Crippen LogP contribution >= 0.6 is 22.9 Å². The zero-order valence-corrected chi connectivity index (χ0v) is 13.1. The van der Waals surface area contributed by atoms with Gasteiger partial charge in [-0.1, -0.05) is 0 Å². The van der Waals surface area contributed by atoms with Crippen LogP contribution in [0.15, 0.2) is 5.38 Å². The zero-order valence-electron chi connectivity index (χ0n) is 11.5. The molecule has 0 radical (unpaired) electrons. The average Bonchev–Trinajstić information content (AvgIpc) is 3.00. The number of hydrogen-bond donors (Lipinski definition) is 2. The third kappa shape index (κ3) is 3.26. The van der Waals surface area contributed by atoms with E-state index in [9.17, 15) is 5.11 Å². The minimum absolute atomic E-state index is 0.0665. The number of aliphatic hydroxyl groups is 1. The third-order valence-corrected chi connectivity index (χ3v) is 4.49. The van der Waals surface area contributed by atoms with Gasteiger partial charge in [-0.2, -0.15) is 4.37 Å². The van der Waals surface area contributed by atoms with Crippen LogP contribution in [0, 0.1) is 6.92 Å². The molecule has 2 aromatic heterocycles. The van der Waals surface area contributed by atoms with Crippen LogP contribution in [0.5, 0.6) is 0 Å². The van der Waals surface area contributed by atoms with E-state index in [2.05, 4.69) is 9.36 Å². The molecule has 0 saturated carbocycles. The number of rotatable bonds is 7. The summed E-state index contributed by atoms with van der Waals surface area (Å²) in [4.78, 5) is 6.51. The fraction of sp³-hybridized carbons (Fsp3) is 0.500. The molecule has 0 amide bonds. The Kier molecular flexibility index (Phi) is 5.30. The van der Waals surface area contributed by atoms with E-state index in [1.165, 1.54) is 11.5 Å². The van der Waals surface area contributed by atoms with Gasteiger partial charge in [-0.15, -0.1) is 11.3 Å². The largest absolute Gasteiger partial charge is 0.395 e. The van der Waals surface area contributed by atoms with Crippen molar-refractivity contribution >= 4 is 33.7 Å². The number of thiazole rings is 1. The van der Waals surface area contributed by atoms with Crippen LogP contribution in [0.25, 0.3) is 11.3 Å². The number of aromatic nitrogens is 2. The quantitative estimate of drug-likeness (QED) is 0.807. The minimum atomic E-state index is 0.0665. The van der Waals surface area contributed by atoms with Crippen molar-refractivity contribution in [1.29, 1.82) is 0 Å². The highest BCUT2D eigenvalue weighted by atomic mass is 32.1. The van der Waals surface area contributed by atoms with Gasteiger partial charge in [-0.3, -0.25) is 0 Å². The van der Waals surface area contributed by atoms with Gasteiger partial charge in [-0.05, 0) is 18.5 Å². The summed E-state index contributed by atoms with van der Waals surface area (Å²) >= 11 is 2.91. The third-order valence-electron chi connectivity index (χ3n) is 2.80. The van der Waals surface area contributed by atoms with Gasteiger partial charge in [0.2, 0.25) is 0 Å². The first-order valence-corrected chi connectivity index (χ1v) is 7.85. The maximum atomic E-state index is 9.23. The lowest BCUT2D eigenvalue weighted by atomic mass is 10.2. The molecule has 110 valence electrons. The molecular formula is C12H18N4O2S2. The lowest BCUT2D eigenvalue weighted by Gasteiger charge is -2.22. The van der Waals surface area contributed by atoms with Crippen LogP contribution in [-0.2, 0) is 4.74 Å². The highest BCUT2D eigenvalue weighted by Crippen LogP contribution is 2.39. The molecule has 0 aliphatic rings.